The Balaban J connectivity index is 2.53. The van der Waals surface area contributed by atoms with Gasteiger partial charge in [-0.3, -0.25) is 9.59 Å². The zero-order valence-electron chi connectivity index (χ0n) is 9.13. The number of hydrogen-bond acceptors (Lipinski definition) is 3. The molecule has 92 valence electrons. The molecule has 17 heavy (non-hydrogen) atoms. The zero-order valence-corrected chi connectivity index (χ0v) is 9.13. The van der Waals surface area contributed by atoms with Gasteiger partial charge in [-0.15, -0.1) is 0 Å². The quantitative estimate of drug-likeness (QED) is 0.796. The smallest absolute Gasteiger partial charge is 0.325 e. The average molecular weight is 243 g/mol. The zero-order chi connectivity index (χ0) is 12.8. The van der Waals surface area contributed by atoms with Crippen LogP contribution in [-0.4, -0.2) is 25.5 Å². The summed E-state index contributed by atoms with van der Waals surface area (Å²) >= 11 is 0. The largest absolute Gasteiger partial charge is 0.468 e. The Morgan fingerprint density at radius 1 is 1.35 bits per heavy atom. The molecule has 1 N–H and O–H groups in total. The molecule has 0 radical (unpaired) electrons. The molecule has 0 saturated heterocycles. The normalized spacial score (nSPS) is 9.82. The molecule has 1 rings (SSSR count). The van der Waals surface area contributed by atoms with Crippen LogP contribution < -0.4 is 5.32 Å². The monoisotopic (exact) mass is 243 g/mol. The molecule has 1 aromatic carbocycles. The number of esters is 1. The number of methoxy groups -OCH3 is 1. The van der Waals surface area contributed by atoms with Gasteiger partial charge in [0.1, 0.15) is 18.2 Å². The highest BCUT2D eigenvalue weighted by molar-refractivity contribution is 5.83. The molecule has 0 fully saturated rings. The van der Waals surface area contributed by atoms with Gasteiger partial charge in [-0.05, 0) is 11.6 Å². The second kappa shape index (κ2) is 5.93. The van der Waals surface area contributed by atoms with Crippen molar-refractivity contribution < 1.29 is 23.1 Å². The van der Waals surface area contributed by atoms with E-state index in [1.165, 1.54) is 13.2 Å². The molecule has 1 amide bonds. The molecule has 0 aliphatic heterocycles. The minimum atomic E-state index is -0.793. The average Bonchev–Trinajstić information content (AvgIpc) is 2.29. The highest BCUT2D eigenvalue weighted by Crippen LogP contribution is 2.09. The first-order chi connectivity index (χ1) is 8.02. The van der Waals surface area contributed by atoms with E-state index in [-0.39, 0.29) is 18.5 Å². The number of nitrogens with one attached hydrogen (secondary N) is 1. The minimum absolute atomic E-state index is 0.0637. The topological polar surface area (TPSA) is 55.4 Å². The summed E-state index contributed by atoms with van der Waals surface area (Å²) in [4.78, 5) is 22.0. The lowest BCUT2D eigenvalue weighted by Crippen LogP contribution is -2.31. The number of ether oxygens (including phenoxy) is 1. The van der Waals surface area contributed by atoms with Crippen molar-refractivity contribution in [1.29, 1.82) is 0 Å². The lowest BCUT2D eigenvalue weighted by molar-refractivity contribution is -0.141. The van der Waals surface area contributed by atoms with E-state index in [9.17, 15) is 18.4 Å². The summed E-state index contributed by atoms with van der Waals surface area (Å²) in [5.41, 5.74) is 0.0637. The molecule has 0 heterocycles. The highest BCUT2D eigenvalue weighted by Gasteiger charge is 2.10. The first kappa shape index (κ1) is 13.1. The number of rotatable bonds is 4. The van der Waals surface area contributed by atoms with Crippen LogP contribution in [0.2, 0.25) is 0 Å². The van der Waals surface area contributed by atoms with E-state index in [2.05, 4.69) is 10.1 Å². The van der Waals surface area contributed by atoms with Crippen molar-refractivity contribution in [1.82, 2.24) is 5.32 Å². The summed E-state index contributed by atoms with van der Waals surface area (Å²) in [6.07, 6.45) is -0.261. The van der Waals surface area contributed by atoms with Gasteiger partial charge in [0.25, 0.3) is 0 Å². The van der Waals surface area contributed by atoms with Crippen LogP contribution in [0.5, 0.6) is 0 Å². The van der Waals surface area contributed by atoms with Gasteiger partial charge in [0.15, 0.2) is 0 Å². The third-order valence-electron chi connectivity index (χ3n) is 2.02. The highest BCUT2D eigenvalue weighted by atomic mass is 19.1. The maximum Gasteiger partial charge on any atom is 0.325 e. The van der Waals surface area contributed by atoms with Crippen molar-refractivity contribution in [3.05, 3.63) is 35.4 Å². The van der Waals surface area contributed by atoms with Crippen LogP contribution in [0.25, 0.3) is 0 Å². The van der Waals surface area contributed by atoms with Gasteiger partial charge < -0.3 is 10.1 Å². The van der Waals surface area contributed by atoms with Crippen molar-refractivity contribution in [3.8, 4) is 0 Å². The van der Waals surface area contributed by atoms with Crippen LogP contribution in [0.15, 0.2) is 18.2 Å². The van der Waals surface area contributed by atoms with Gasteiger partial charge in [-0.25, -0.2) is 8.78 Å². The van der Waals surface area contributed by atoms with Crippen LogP contribution in [0.1, 0.15) is 5.56 Å². The molecular weight excluding hydrogens is 232 g/mol. The SMILES string of the molecule is COC(=O)CNC(=O)Cc1ccc(F)cc1F. The van der Waals surface area contributed by atoms with Gasteiger partial charge in [0.05, 0.1) is 13.5 Å². The Bertz CT molecular complexity index is 435. The van der Waals surface area contributed by atoms with E-state index in [0.717, 1.165) is 6.07 Å². The molecule has 1 aromatic rings. The van der Waals surface area contributed by atoms with Crippen LogP contribution in [0.3, 0.4) is 0 Å². The van der Waals surface area contributed by atoms with E-state index >= 15 is 0 Å². The number of carbonyl (C=O) groups is 2. The summed E-state index contributed by atoms with van der Waals surface area (Å²) in [5, 5.41) is 2.25. The second-order valence-electron chi connectivity index (χ2n) is 3.27. The molecule has 0 aliphatic rings. The summed E-state index contributed by atoms with van der Waals surface area (Å²) in [6, 6.07) is 2.94. The Labute approximate surface area is 96.6 Å². The fraction of sp³-hybridized carbons (Fsp3) is 0.273. The van der Waals surface area contributed by atoms with Gasteiger partial charge in [0, 0.05) is 6.07 Å². The summed E-state index contributed by atoms with van der Waals surface area (Å²) in [6.45, 7) is -0.280. The maximum absolute atomic E-state index is 13.2. The second-order valence-corrected chi connectivity index (χ2v) is 3.27. The fourth-order valence-electron chi connectivity index (χ4n) is 1.14. The Morgan fingerprint density at radius 2 is 2.06 bits per heavy atom. The summed E-state index contributed by atoms with van der Waals surface area (Å²) in [5.74, 6) is -2.64. The third-order valence-corrected chi connectivity index (χ3v) is 2.02. The molecular formula is C11H11F2NO3. The van der Waals surface area contributed by atoms with Crippen LogP contribution >= 0.6 is 0 Å². The molecule has 4 nitrogen and oxygen atoms in total. The van der Waals surface area contributed by atoms with Gasteiger partial charge in [-0.1, -0.05) is 6.07 Å². The van der Waals surface area contributed by atoms with E-state index in [1.54, 1.807) is 0 Å². The molecule has 0 aromatic heterocycles. The number of carbonyl (C=O) groups excluding carboxylic acids is 2. The van der Waals surface area contributed by atoms with Crippen molar-refractivity contribution in [2.75, 3.05) is 13.7 Å². The predicted molar refractivity (Wildman–Crippen MR) is 55.1 cm³/mol. The van der Waals surface area contributed by atoms with E-state index in [4.69, 9.17) is 0 Å². The molecule has 0 spiro atoms. The lowest BCUT2D eigenvalue weighted by Gasteiger charge is -2.05. The standard InChI is InChI=1S/C11H11F2NO3/c1-17-11(16)6-14-10(15)4-7-2-3-8(12)5-9(7)13/h2-3,5H,4,6H2,1H3,(H,14,15). The fourth-order valence-corrected chi connectivity index (χ4v) is 1.14. The molecule has 0 atom stereocenters. The van der Waals surface area contributed by atoms with Crippen LogP contribution in [-0.2, 0) is 20.7 Å². The number of hydrogen-bond donors (Lipinski definition) is 1. The Hall–Kier alpha value is -1.98. The van der Waals surface area contributed by atoms with Crippen molar-refractivity contribution in [3.63, 3.8) is 0 Å². The van der Waals surface area contributed by atoms with Gasteiger partial charge in [-0.2, -0.15) is 0 Å². The first-order valence-corrected chi connectivity index (χ1v) is 4.80. The maximum atomic E-state index is 13.2. The molecule has 0 unspecified atom stereocenters. The van der Waals surface area contributed by atoms with E-state index in [1.807, 2.05) is 0 Å². The lowest BCUT2D eigenvalue weighted by atomic mass is 10.1. The Morgan fingerprint density at radius 3 is 2.65 bits per heavy atom. The van der Waals surface area contributed by atoms with Crippen molar-refractivity contribution in [2.24, 2.45) is 0 Å². The van der Waals surface area contributed by atoms with E-state index < -0.39 is 23.5 Å². The number of halogens is 2. The molecule has 6 heteroatoms. The molecule has 0 saturated carbocycles. The Kier molecular flexibility index (Phi) is 4.56. The minimum Gasteiger partial charge on any atom is -0.468 e. The van der Waals surface area contributed by atoms with Crippen molar-refractivity contribution in [2.45, 2.75) is 6.42 Å². The van der Waals surface area contributed by atoms with E-state index in [0.29, 0.717) is 6.07 Å². The van der Waals surface area contributed by atoms with Gasteiger partial charge in [0.2, 0.25) is 5.91 Å². The summed E-state index contributed by atoms with van der Waals surface area (Å²) < 4.78 is 30.1. The van der Waals surface area contributed by atoms with Crippen LogP contribution in [0.4, 0.5) is 8.78 Å². The number of amides is 1. The van der Waals surface area contributed by atoms with Crippen molar-refractivity contribution >= 4 is 11.9 Å². The summed E-state index contributed by atoms with van der Waals surface area (Å²) in [7, 11) is 1.19. The molecule has 0 aliphatic carbocycles. The number of benzene rings is 1. The first-order valence-electron chi connectivity index (χ1n) is 4.80. The van der Waals surface area contributed by atoms with Crippen LogP contribution in [0, 0.1) is 11.6 Å². The predicted octanol–water partition coefficient (Wildman–Crippen LogP) is 0.796. The van der Waals surface area contributed by atoms with Gasteiger partial charge >= 0.3 is 5.97 Å². The third kappa shape index (κ3) is 4.18. The molecule has 0 bridgehead atoms.